The Morgan fingerprint density at radius 2 is 2.19 bits per heavy atom. The Labute approximate surface area is 158 Å². The Morgan fingerprint density at radius 1 is 1.43 bits per heavy atom. The van der Waals surface area contributed by atoms with Crippen molar-refractivity contribution in [3.8, 4) is 0 Å². The fourth-order valence-electron chi connectivity index (χ4n) is 1.77. The van der Waals surface area contributed by atoms with Gasteiger partial charge in [-0.25, -0.2) is 4.98 Å². The predicted molar refractivity (Wildman–Crippen MR) is 106 cm³/mol. The molecule has 21 heavy (non-hydrogen) atoms. The highest BCUT2D eigenvalue weighted by Crippen LogP contribution is 2.23. The van der Waals surface area contributed by atoms with Gasteiger partial charge in [0.2, 0.25) is 0 Å². The maximum absolute atomic E-state index is 4.35. The molecule has 0 aromatic carbocycles. The number of aromatic nitrogens is 1. The molecule has 0 unspecified atom stereocenters. The fourth-order valence-corrected chi connectivity index (χ4v) is 4.03. The van der Waals surface area contributed by atoms with Crippen LogP contribution in [0, 0.1) is 6.92 Å². The molecule has 4 nitrogen and oxygen atoms in total. The molecule has 1 N–H and O–H groups in total. The van der Waals surface area contributed by atoms with Gasteiger partial charge in [0.1, 0.15) is 5.01 Å². The molecule has 0 saturated heterocycles. The molecule has 0 aliphatic carbocycles. The normalized spacial score (nSPS) is 11.1. The van der Waals surface area contributed by atoms with E-state index in [-0.39, 0.29) is 24.0 Å². The van der Waals surface area contributed by atoms with Crippen LogP contribution in [0.3, 0.4) is 0 Å². The summed E-state index contributed by atoms with van der Waals surface area (Å²) in [4.78, 5) is 13.3. The third-order valence-corrected chi connectivity index (χ3v) is 5.18. The van der Waals surface area contributed by atoms with Crippen molar-refractivity contribution in [2.24, 2.45) is 4.99 Å². The molecular weight excluding hydrogens is 483 g/mol. The van der Waals surface area contributed by atoms with Gasteiger partial charge in [-0.1, -0.05) is 0 Å². The first-order valence-corrected chi connectivity index (χ1v) is 8.58. The number of thiazole rings is 1. The Kier molecular flexibility index (Phi) is 8.14. The monoisotopic (exact) mass is 500 g/mol. The van der Waals surface area contributed by atoms with Gasteiger partial charge >= 0.3 is 0 Å². The minimum atomic E-state index is 0. The summed E-state index contributed by atoms with van der Waals surface area (Å²) in [6, 6.07) is 4.20. The zero-order valence-electron chi connectivity index (χ0n) is 12.1. The zero-order chi connectivity index (χ0) is 14.5. The first-order chi connectivity index (χ1) is 9.58. The summed E-state index contributed by atoms with van der Waals surface area (Å²) in [5.74, 6) is 0.877. The van der Waals surface area contributed by atoms with Crippen LogP contribution < -0.4 is 5.32 Å². The summed E-state index contributed by atoms with van der Waals surface area (Å²) in [5.41, 5.74) is 0. The molecule has 0 aliphatic rings. The summed E-state index contributed by atoms with van der Waals surface area (Å²) in [5, 5.41) is 4.42. The van der Waals surface area contributed by atoms with Crippen LogP contribution in [0.25, 0.3) is 0 Å². The van der Waals surface area contributed by atoms with E-state index in [1.54, 1.807) is 29.7 Å². The predicted octanol–water partition coefficient (Wildman–Crippen LogP) is 4.10. The quantitative estimate of drug-likeness (QED) is 0.390. The zero-order valence-corrected chi connectivity index (χ0v) is 17.6. The molecule has 8 heteroatoms. The third-order valence-electron chi connectivity index (χ3n) is 2.66. The maximum Gasteiger partial charge on any atom is 0.194 e. The molecule has 2 rings (SSSR count). The molecule has 116 valence electrons. The van der Waals surface area contributed by atoms with Crippen LogP contribution in [0.15, 0.2) is 27.1 Å². The lowest BCUT2D eigenvalue weighted by Gasteiger charge is -2.21. The highest BCUT2D eigenvalue weighted by Gasteiger charge is 2.09. The minimum absolute atomic E-state index is 0. The SMILES string of the molecule is CN=C(NCc1ncc(C)s1)N(C)Cc1ccc(Br)s1.I. The average molecular weight is 501 g/mol. The van der Waals surface area contributed by atoms with Crippen LogP contribution in [-0.2, 0) is 13.1 Å². The summed E-state index contributed by atoms with van der Waals surface area (Å²) < 4.78 is 1.15. The highest BCUT2D eigenvalue weighted by atomic mass is 127. The molecule has 0 saturated carbocycles. The lowest BCUT2D eigenvalue weighted by atomic mass is 10.4. The number of hydrogen-bond acceptors (Lipinski definition) is 4. The minimum Gasteiger partial charge on any atom is -0.350 e. The number of thiophene rings is 1. The van der Waals surface area contributed by atoms with Gasteiger partial charge in [0.05, 0.1) is 16.9 Å². The van der Waals surface area contributed by atoms with E-state index >= 15 is 0 Å². The Morgan fingerprint density at radius 3 is 2.71 bits per heavy atom. The second kappa shape index (κ2) is 9.06. The number of guanidine groups is 1. The van der Waals surface area contributed by atoms with Crippen molar-refractivity contribution in [2.75, 3.05) is 14.1 Å². The second-order valence-corrected chi connectivity index (χ2v) is 8.19. The van der Waals surface area contributed by atoms with Crippen molar-refractivity contribution >= 4 is 68.5 Å². The van der Waals surface area contributed by atoms with Crippen molar-refractivity contribution in [3.05, 3.63) is 36.9 Å². The van der Waals surface area contributed by atoms with Crippen molar-refractivity contribution < 1.29 is 0 Å². The van der Waals surface area contributed by atoms with Crippen LogP contribution in [0.1, 0.15) is 14.8 Å². The van der Waals surface area contributed by atoms with E-state index in [0.29, 0.717) is 6.54 Å². The summed E-state index contributed by atoms with van der Waals surface area (Å²) in [7, 11) is 3.84. The van der Waals surface area contributed by atoms with Crippen molar-refractivity contribution in [1.29, 1.82) is 0 Å². The van der Waals surface area contributed by atoms with Crippen LogP contribution in [0.2, 0.25) is 0 Å². The van der Waals surface area contributed by atoms with Crippen LogP contribution >= 0.6 is 62.6 Å². The van der Waals surface area contributed by atoms with E-state index in [0.717, 1.165) is 21.3 Å². The number of halogens is 2. The first-order valence-electron chi connectivity index (χ1n) is 6.16. The van der Waals surface area contributed by atoms with E-state index in [1.165, 1.54) is 9.75 Å². The Hall–Kier alpha value is -0.190. The molecule has 0 bridgehead atoms. The molecule has 0 radical (unpaired) electrons. The van der Waals surface area contributed by atoms with Gasteiger partial charge in [-0.3, -0.25) is 4.99 Å². The number of aliphatic imine (C=N–C) groups is 1. The van der Waals surface area contributed by atoms with Crippen LogP contribution in [-0.4, -0.2) is 29.9 Å². The number of rotatable bonds is 4. The average Bonchev–Trinajstić information content (AvgIpc) is 2.99. The van der Waals surface area contributed by atoms with Gasteiger partial charge in [-0.2, -0.15) is 0 Å². The number of hydrogen-bond donors (Lipinski definition) is 1. The van der Waals surface area contributed by atoms with Gasteiger partial charge in [-0.15, -0.1) is 46.7 Å². The molecule has 0 aliphatic heterocycles. The maximum atomic E-state index is 4.35. The number of aryl methyl sites for hydroxylation is 1. The molecule has 0 spiro atoms. The van der Waals surface area contributed by atoms with E-state index in [4.69, 9.17) is 0 Å². The molecule has 2 aromatic heterocycles. The van der Waals surface area contributed by atoms with E-state index in [1.807, 2.05) is 13.2 Å². The molecular formula is C13H18BrIN4S2. The van der Waals surface area contributed by atoms with Gasteiger partial charge in [-0.05, 0) is 35.0 Å². The number of nitrogens with zero attached hydrogens (tertiary/aromatic N) is 3. The van der Waals surface area contributed by atoms with Gasteiger partial charge in [0.15, 0.2) is 5.96 Å². The van der Waals surface area contributed by atoms with Crippen LogP contribution in [0.4, 0.5) is 0 Å². The molecule has 0 amide bonds. The van der Waals surface area contributed by atoms with Crippen molar-refractivity contribution in [3.63, 3.8) is 0 Å². The molecule has 2 aromatic rings. The second-order valence-electron chi connectivity index (χ2n) is 4.33. The fraction of sp³-hybridized carbons (Fsp3) is 0.385. The number of nitrogens with one attached hydrogen (secondary N) is 1. The topological polar surface area (TPSA) is 40.5 Å². The van der Waals surface area contributed by atoms with Crippen LogP contribution in [0.5, 0.6) is 0 Å². The van der Waals surface area contributed by atoms with Gasteiger partial charge in [0.25, 0.3) is 0 Å². The third kappa shape index (κ3) is 5.84. The molecule has 0 atom stereocenters. The largest absolute Gasteiger partial charge is 0.350 e. The Bertz CT molecular complexity index is 597. The highest BCUT2D eigenvalue weighted by molar-refractivity contribution is 14.0. The molecule has 2 heterocycles. The summed E-state index contributed by atoms with van der Waals surface area (Å²) in [6.45, 7) is 3.62. The van der Waals surface area contributed by atoms with E-state index in [9.17, 15) is 0 Å². The van der Waals surface area contributed by atoms with Crippen molar-refractivity contribution in [2.45, 2.75) is 20.0 Å². The molecule has 0 fully saturated rings. The van der Waals surface area contributed by atoms with Gasteiger partial charge in [0, 0.05) is 30.0 Å². The summed E-state index contributed by atoms with van der Waals surface area (Å²) >= 11 is 6.94. The Balaban J connectivity index is 0.00000220. The van der Waals surface area contributed by atoms with E-state index < -0.39 is 0 Å². The van der Waals surface area contributed by atoms with Gasteiger partial charge < -0.3 is 10.2 Å². The van der Waals surface area contributed by atoms with E-state index in [2.05, 4.69) is 55.2 Å². The smallest absolute Gasteiger partial charge is 0.194 e. The lowest BCUT2D eigenvalue weighted by Crippen LogP contribution is -2.37. The lowest BCUT2D eigenvalue weighted by molar-refractivity contribution is 0.481. The summed E-state index contributed by atoms with van der Waals surface area (Å²) in [6.07, 6.45) is 1.90. The standard InChI is InChI=1S/C13H17BrN4S2.HI/c1-9-6-16-12(19-9)7-17-13(15-2)18(3)8-10-4-5-11(14)20-10;/h4-6H,7-8H2,1-3H3,(H,15,17);1H. The first kappa shape index (κ1) is 18.9. The van der Waals surface area contributed by atoms with Crippen molar-refractivity contribution in [1.82, 2.24) is 15.2 Å².